The summed E-state index contributed by atoms with van der Waals surface area (Å²) in [5.74, 6) is 0.922. The van der Waals surface area contributed by atoms with Crippen molar-refractivity contribution in [2.45, 2.75) is 6.54 Å². The Kier molecular flexibility index (Phi) is 4.25. The lowest BCUT2D eigenvalue weighted by molar-refractivity contribution is 0.410. The molecule has 2 aromatic carbocycles. The van der Waals surface area contributed by atoms with E-state index >= 15 is 0 Å². The molecule has 3 heteroatoms. The lowest BCUT2D eigenvalue weighted by atomic mass is 10.2. The Balaban J connectivity index is 2.04. The van der Waals surface area contributed by atoms with Gasteiger partial charge in [-0.3, -0.25) is 0 Å². The first-order valence-corrected chi connectivity index (χ1v) is 6.49. The largest absolute Gasteiger partial charge is 0.496 e. The van der Waals surface area contributed by atoms with Crippen LogP contribution in [0.3, 0.4) is 0 Å². The highest BCUT2D eigenvalue weighted by Gasteiger charge is 2.00. The smallest absolute Gasteiger partial charge is 0.123 e. The molecule has 2 rings (SSSR count). The zero-order valence-electron chi connectivity index (χ0n) is 9.61. The molecule has 0 saturated carbocycles. The molecule has 0 amide bonds. The highest BCUT2D eigenvalue weighted by molar-refractivity contribution is 14.1. The number of hydrogen-bond donors (Lipinski definition) is 1. The maximum atomic E-state index is 5.31. The van der Waals surface area contributed by atoms with Gasteiger partial charge in [-0.05, 0) is 52.9 Å². The third kappa shape index (κ3) is 3.36. The predicted molar refractivity (Wildman–Crippen MR) is 79.5 cm³/mol. The fourth-order valence-electron chi connectivity index (χ4n) is 1.61. The topological polar surface area (TPSA) is 21.3 Å². The minimum Gasteiger partial charge on any atom is -0.496 e. The Bertz CT molecular complexity index is 482. The first-order chi connectivity index (χ1) is 8.29. The average molecular weight is 339 g/mol. The molecule has 0 aliphatic heterocycles. The maximum absolute atomic E-state index is 5.31. The van der Waals surface area contributed by atoms with Crippen molar-refractivity contribution in [2.75, 3.05) is 12.4 Å². The number of nitrogens with one attached hydrogen (secondary N) is 1. The van der Waals surface area contributed by atoms with Crippen LogP contribution in [0, 0.1) is 3.57 Å². The number of ether oxygens (including phenoxy) is 1. The monoisotopic (exact) mass is 339 g/mol. The molecule has 0 fully saturated rings. The Morgan fingerprint density at radius 2 is 1.76 bits per heavy atom. The third-order valence-corrected chi connectivity index (χ3v) is 3.24. The number of anilines is 1. The van der Waals surface area contributed by atoms with Crippen LogP contribution < -0.4 is 10.1 Å². The van der Waals surface area contributed by atoms with Crippen LogP contribution in [-0.4, -0.2) is 7.11 Å². The van der Waals surface area contributed by atoms with Crippen molar-refractivity contribution < 1.29 is 4.74 Å². The first kappa shape index (κ1) is 12.2. The molecular weight excluding hydrogens is 325 g/mol. The zero-order valence-corrected chi connectivity index (χ0v) is 11.8. The fourth-order valence-corrected chi connectivity index (χ4v) is 1.97. The highest BCUT2D eigenvalue weighted by atomic mass is 127. The van der Waals surface area contributed by atoms with E-state index < -0.39 is 0 Å². The van der Waals surface area contributed by atoms with E-state index in [4.69, 9.17) is 4.74 Å². The van der Waals surface area contributed by atoms with E-state index in [9.17, 15) is 0 Å². The van der Waals surface area contributed by atoms with Crippen LogP contribution >= 0.6 is 22.6 Å². The second-order valence-corrected chi connectivity index (χ2v) is 4.92. The molecule has 0 spiro atoms. The summed E-state index contributed by atoms with van der Waals surface area (Å²) in [7, 11) is 1.70. The number of hydrogen-bond acceptors (Lipinski definition) is 2. The van der Waals surface area contributed by atoms with Crippen LogP contribution in [0.5, 0.6) is 5.75 Å². The summed E-state index contributed by atoms with van der Waals surface area (Å²) < 4.78 is 6.55. The summed E-state index contributed by atoms with van der Waals surface area (Å²) in [6, 6.07) is 16.4. The second-order valence-electron chi connectivity index (χ2n) is 3.67. The molecule has 0 aliphatic rings. The van der Waals surface area contributed by atoms with E-state index in [0.717, 1.165) is 23.5 Å². The van der Waals surface area contributed by atoms with Crippen LogP contribution in [0.15, 0.2) is 48.5 Å². The van der Waals surface area contributed by atoms with Crippen molar-refractivity contribution in [1.29, 1.82) is 0 Å². The molecular formula is C14H14INO. The molecule has 0 aromatic heterocycles. The summed E-state index contributed by atoms with van der Waals surface area (Å²) in [5, 5.41) is 3.38. The van der Waals surface area contributed by atoms with Gasteiger partial charge in [-0.2, -0.15) is 0 Å². The summed E-state index contributed by atoms with van der Waals surface area (Å²) >= 11 is 2.30. The van der Waals surface area contributed by atoms with Crippen molar-refractivity contribution in [3.05, 3.63) is 57.7 Å². The van der Waals surface area contributed by atoms with E-state index in [1.165, 1.54) is 3.57 Å². The first-order valence-electron chi connectivity index (χ1n) is 5.41. The van der Waals surface area contributed by atoms with Crippen molar-refractivity contribution in [3.8, 4) is 5.75 Å². The van der Waals surface area contributed by atoms with Gasteiger partial charge in [0.05, 0.1) is 7.11 Å². The molecule has 2 nitrogen and oxygen atoms in total. The minimum absolute atomic E-state index is 0.768. The SMILES string of the molecule is COc1ccccc1CNc1ccc(I)cc1. The van der Waals surface area contributed by atoms with Gasteiger partial charge in [0.1, 0.15) is 5.75 Å². The summed E-state index contributed by atoms with van der Waals surface area (Å²) in [5.41, 5.74) is 2.28. The molecule has 1 N–H and O–H groups in total. The second kappa shape index (κ2) is 5.91. The van der Waals surface area contributed by atoms with Gasteiger partial charge >= 0.3 is 0 Å². The number of halogens is 1. The Labute approximate surface area is 115 Å². The number of para-hydroxylation sites is 1. The molecule has 0 radical (unpaired) electrons. The maximum Gasteiger partial charge on any atom is 0.123 e. The lowest BCUT2D eigenvalue weighted by Gasteiger charge is -2.10. The molecule has 0 saturated heterocycles. The van der Waals surface area contributed by atoms with E-state index in [1.807, 2.05) is 18.2 Å². The summed E-state index contributed by atoms with van der Waals surface area (Å²) in [6.07, 6.45) is 0. The minimum atomic E-state index is 0.768. The van der Waals surface area contributed by atoms with Crippen LogP contribution in [-0.2, 0) is 6.54 Å². The van der Waals surface area contributed by atoms with Crippen LogP contribution in [0.25, 0.3) is 0 Å². The standard InChI is InChI=1S/C14H14INO/c1-17-14-5-3-2-4-11(14)10-16-13-8-6-12(15)7-9-13/h2-9,16H,10H2,1H3. The van der Waals surface area contributed by atoms with Gasteiger partial charge in [0.25, 0.3) is 0 Å². The van der Waals surface area contributed by atoms with Crippen LogP contribution in [0.1, 0.15) is 5.56 Å². The van der Waals surface area contributed by atoms with Gasteiger partial charge in [0.2, 0.25) is 0 Å². The summed E-state index contributed by atoms with van der Waals surface area (Å²) in [6.45, 7) is 0.768. The molecule has 0 aliphatic carbocycles. The quantitative estimate of drug-likeness (QED) is 0.853. The third-order valence-electron chi connectivity index (χ3n) is 2.52. The van der Waals surface area contributed by atoms with E-state index in [0.29, 0.717) is 0 Å². The highest BCUT2D eigenvalue weighted by Crippen LogP contribution is 2.19. The lowest BCUT2D eigenvalue weighted by Crippen LogP contribution is -2.01. The van der Waals surface area contributed by atoms with E-state index in [1.54, 1.807) is 7.11 Å². The van der Waals surface area contributed by atoms with Crippen LogP contribution in [0.2, 0.25) is 0 Å². The van der Waals surface area contributed by atoms with Crippen molar-refractivity contribution in [3.63, 3.8) is 0 Å². The van der Waals surface area contributed by atoms with Crippen LogP contribution in [0.4, 0.5) is 5.69 Å². The number of benzene rings is 2. The molecule has 17 heavy (non-hydrogen) atoms. The van der Waals surface area contributed by atoms with Crippen molar-refractivity contribution in [2.24, 2.45) is 0 Å². The Morgan fingerprint density at radius 1 is 1.06 bits per heavy atom. The molecule has 2 aromatic rings. The van der Waals surface area contributed by atoms with Gasteiger partial charge in [0, 0.05) is 21.4 Å². The molecule has 88 valence electrons. The summed E-state index contributed by atoms with van der Waals surface area (Å²) in [4.78, 5) is 0. The molecule has 0 bridgehead atoms. The zero-order chi connectivity index (χ0) is 12.1. The Hall–Kier alpha value is -1.23. The van der Waals surface area contributed by atoms with Gasteiger partial charge in [0.15, 0.2) is 0 Å². The van der Waals surface area contributed by atoms with Gasteiger partial charge in [-0.25, -0.2) is 0 Å². The van der Waals surface area contributed by atoms with Crippen molar-refractivity contribution in [1.82, 2.24) is 0 Å². The molecule has 0 unspecified atom stereocenters. The van der Waals surface area contributed by atoms with Crippen molar-refractivity contribution >= 4 is 28.3 Å². The fraction of sp³-hybridized carbons (Fsp3) is 0.143. The number of methoxy groups -OCH3 is 1. The average Bonchev–Trinajstić information content (AvgIpc) is 2.38. The van der Waals surface area contributed by atoms with E-state index in [2.05, 4.69) is 58.2 Å². The van der Waals surface area contributed by atoms with Gasteiger partial charge in [-0.15, -0.1) is 0 Å². The molecule has 0 atom stereocenters. The molecule has 0 heterocycles. The van der Waals surface area contributed by atoms with E-state index in [-0.39, 0.29) is 0 Å². The normalized spacial score (nSPS) is 10.0. The Morgan fingerprint density at radius 3 is 2.47 bits per heavy atom. The van der Waals surface area contributed by atoms with Gasteiger partial charge in [-0.1, -0.05) is 18.2 Å². The number of rotatable bonds is 4. The van der Waals surface area contributed by atoms with Gasteiger partial charge < -0.3 is 10.1 Å². The predicted octanol–water partition coefficient (Wildman–Crippen LogP) is 3.91.